The van der Waals surface area contributed by atoms with E-state index >= 15 is 0 Å². The second-order valence-electron chi connectivity index (χ2n) is 4.16. The number of carboxylic acids is 1. The maximum Gasteiger partial charge on any atom is 0.320 e. The lowest BCUT2D eigenvalue weighted by Gasteiger charge is -2.04. The van der Waals surface area contributed by atoms with Gasteiger partial charge in [-0.2, -0.15) is 0 Å². The molecule has 0 radical (unpaired) electrons. The normalized spacial score (nSPS) is 12.8. The summed E-state index contributed by atoms with van der Waals surface area (Å²) in [7, 11) is 1.88. The second-order valence-corrected chi connectivity index (χ2v) is 4.16. The van der Waals surface area contributed by atoms with Crippen molar-refractivity contribution in [2.45, 2.75) is 12.5 Å². The molecule has 0 aliphatic rings. The summed E-state index contributed by atoms with van der Waals surface area (Å²) in [5, 5.41) is 9.78. The summed E-state index contributed by atoms with van der Waals surface area (Å²) < 4.78 is 1.90. The number of nitrogens with two attached hydrogens (primary N) is 2. The second kappa shape index (κ2) is 4.10. The van der Waals surface area contributed by atoms with Crippen LogP contribution in [0.4, 0.5) is 5.69 Å². The van der Waals surface area contributed by atoms with Crippen LogP contribution in [0, 0.1) is 0 Å². The molecular weight excluding hydrogens is 218 g/mol. The topological polar surface area (TPSA) is 94.3 Å². The number of benzene rings is 1. The van der Waals surface area contributed by atoms with Gasteiger partial charge in [-0.15, -0.1) is 0 Å². The Balaban J connectivity index is 2.49. The molecule has 5 heteroatoms. The van der Waals surface area contributed by atoms with E-state index in [1.165, 1.54) is 0 Å². The van der Waals surface area contributed by atoms with Gasteiger partial charge in [-0.1, -0.05) is 12.1 Å². The molecule has 2 rings (SSSR count). The fourth-order valence-corrected chi connectivity index (χ4v) is 2.07. The molecule has 1 aromatic heterocycles. The summed E-state index contributed by atoms with van der Waals surface area (Å²) in [5.41, 5.74) is 13.9. The summed E-state index contributed by atoms with van der Waals surface area (Å²) in [6.45, 7) is 0. The van der Waals surface area contributed by atoms with Gasteiger partial charge in [0.2, 0.25) is 0 Å². The van der Waals surface area contributed by atoms with Gasteiger partial charge < -0.3 is 21.1 Å². The van der Waals surface area contributed by atoms with Crippen molar-refractivity contribution < 1.29 is 9.90 Å². The number of hydrogen-bond donors (Lipinski definition) is 3. The minimum Gasteiger partial charge on any atom is -0.480 e. The van der Waals surface area contributed by atoms with Crippen LogP contribution in [-0.4, -0.2) is 21.7 Å². The lowest BCUT2D eigenvalue weighted by atomic mass is 10.1. The number of nitrogens with zero attached hydrogens (tertiary/aromatic N) is 1. The van der Waals surface area contributed by atoms with Gasteiger partial charge in [-0.05, 0) is 11.6 Å². The number of para-hydroxylation sites is 1. The molecule has 0 fully saturated rings. The number of carboxylic acid groups (broad SMARTS) is 1. The van der Waals surface area contributed by atoms with Crippen LogP contribution in [-0.2, 0) is 18.3 Å². The fourth-order valence-electron chi connectivity index (χ4n) is 2.07. The van der Waals surface area contributed by atoms with Gasteiger partial charge in [0.25, 0.3) is 0 Å². The summed E-state index contributed by atoms with van der Waals surface area (Å²) in [6.07, 6.45) is 2.18. The molecule has 1 heterocycles. The highest BCUT2D eigenvalue weighted by atomic mass is 16.4. The monoisotopic (exact) mass is 233 g/mol. The van der Waals surface area contributed by atoms with Crippen molar-refractivity contribution >= 4 is 22.6 Å². The Hall–Kier alpha value is -2.01. The number of rotatable bonds is 3. The Morgan fingerprint density at radius 3 is 2.88 bits per heavy atom. The molecular formula is C12H15N3O2. The molecule has 2 aromatic rings. The molecule has 0 amide bonds. The van der Waals surface area contributed by atoms with Crippen molar-refractivity contribution in [3.05, 3.63) is 30.0 Å². The Labute approximate surface area is 98.6 Å². The quantitative estimate of drug-likeness (QED) is 0.681. The molecule has 0 saturated heterocycles. The van der Waals surface area contributed by atoms with E-state index in [1.807, 2.05) is 36.0 Å². The molecule has 5 nitrogen and oxygen atoms in total. The molecule has 5 N–H and O–H groups in total. The number of fused-ring (bicyclic) bond motifs is 1. The molecule has 1 atom stereocenters. The van der Waals surface area contributed by atoms with Gasteiger partial charge in [-0.3, -0.25) is 4.79 Å². The molecule has 0 aliphatic carbocycles. The number of hydrogen-bond acceptors (Lipinski definition) is 3. The number of anilines is 1. The highest BCUT2D eigenvalue weighted by Crippen LogP contribution is 2.26. The zero-order chi connectivity index (χ0) is 12.6. The maximum atomic E-state index is 10.8. The average Bonchev–Trinajstić information content (AvgIpc) is 2.57. The number of aromatic nitrogens is 1. The minimum atomic E-state index is -0.995. The third kappa shape index (κ3) is 1.97. The first-order valence-electron chi connectivity index (χ1n) is 5.31. The highest BCUT2D eigenvalue weighted by molar-refractivity contribution is 5.93. The van der Waals surface area contributed by atoms with Gasteiger partial charge in [0.05, 0.1) is 11.2 Å². The van der Waals surface area contributed by atoms with Gasteiger partial charge >= 0.3 is 5.97 Å². The molecule has 1 aromatic carbocycles. The average molecular weight is 233 g/mol. The van der Waals surface area contributed by atoms with Gasteiger partial charge in [0.1, 0.15) is 6.04 Å². The molecule has 90 valence electrons. The number of nitrogen functional groups attached to an aromatic ring is 1. The summed E-state index contributed by atoms with van der Waals surface area (Å²) >= 11 is 0. The number of aryl methyl sites for hydroxylation is 1. The van der Waals surface area contributed by atoms with Gasteiger partial charge in [-0.25, -0.2) is 0 Å². The van der Waals surface area contributed by atoms with E-state index in [4.69, 9.17) is 16.6 Å². The van der Waals surface area contributed by atoms with E-state index in [1.54, 1.807) is 0 Å². The number of aliphatic carboxylic acids is 1. The summed E-state index contributed by atoms with van der Waals surface area (Å²) in [5.74, 6) is -0.995. The SMILES string of the molecule is Cn1cc(CC(N)C(=O)O)c2cccc(N)c21. The maximum absolute atomic E-state index is 10.8. The van der Waals surface area contributed by atoms with Crippen molar-refractivity contribution in [3.63, 3.8) is 0 Å². The highest BCUT2D eigenvalue weighted by Gasteiger charge is 2.16. The Bertz CT molecular complexity index is 574. The summed E-state index contributed by atoms with van der Waals surface area (Å²) in [4.78, 5) is 10.8. The Kier molecular flexibility index (Phi) is 2.77. The van der Waals surface area contributed by atoms with Crippen LogP contribution in [0.5, 0.6) is 0 Å². The van der Waals surface area contributed by atoms with Crippen LogP contribution in [0.25, 0.3) is 10.9 Å². The van der Waals surface area contributed by atoms with Crippen LogP contribution in [0.15, 0.2) is 24.4 Å². The molecule has 1 unspecified atom stereocenters. The predicted molar refractivity (Wildman–Crippen MR) is 66.6 cm³/mol. The van der Waals surface area contributed by atoms with Crippen LogP contribution < -0.4 is 11.5 Å². The van der Waals surface area contributed by atoms with E-state index in [0.717, 1.165) is 16.5 Å². The number of carbonyl (C=O) groups is 1. The van der Waals surface area contributed by atoms with Crippen molar-refractivity contribution in [3.8, 4) is 0 Å². The van der Waals surface area contributed by atoms with E-state index in [0.29, 0.717) is 12.1 Å². The van der Waals surface area contributed by atoms with Crippen molar-refractivity contribution in [1.82, 2.24) is 4.57 Å². The van der Waals surface area contributed by atoms with Crippen LogP contribution in [0.3, 0.4) is 0 Å². The van der Waals surface area contributed by atoms with E-state index < -0.39 is 12.0 Å². The van der Waals surface area contributed by atoms with Crippen LogP contribution >= 0.6 is 0 Å². The zero-order valence-corrected chi connectivity index (χ0v) is 9.55. The van der Waals surface area contributed by atoms with Crippen molar-refractivity contribution in [2.24, 2.45) is 12.8 Å². The van der Waals surface area contributed by atoms with Crippen LogP contribution in [0.2, 0.25) is 0 Å². The largest absolute Gasteiger partial charge is 0.480 e. The van der Waals surface area contributed by atoms with Gasteiger partial charge in [0.15, 0.2) is 0 Å². The first-order chi connectivity index (χ1) is 8.00. The Morgan fingerprint density at radius 1 is 1.53 bits per heavy atom. The molecule has 0 bridgehead atoms. The van der Waals surface area contributed by atoms with E-state index in [9.17, 15) is 4.79 Å². The lowest BCUT2D eigenvalue weighted by Crippen LogP contribution is -2.32. The third-order valence-electron chi connectivity index (χ3n) is 2.87. The van der Waals surface area contributed by atoms with E-state index in [2.05, 4.69) is 0 Å². The molecule has 0 aliphatic heterocycles. The summed E-state index contributed by atoms with van der Waals surface area (Å²) in [6, 6.07) is 4.72. The third-order valence-corrected chi connectivity index (χ3v) is 2.87. The van der Waals surface area contributed by atoms with Crippen LogP contribution in [0.1, 0.15) is 5.56 Å². The lowest BCUT2D eigenvalue weighted by molar-refractivity contribution is -0.138. The molecule has 0 saturated carbocycles. The standard InChI is InChI=1S/C12H15N3O2/c1-15-6-7(5-10(14)12(16)17)8-3-2-4-9(13)11(8)15/h2-4,6,10H,5,13-14H2,1H3,(H,16,17). The predicted octanol–water partition coefficient (Wildman–Crippen LogP) is 0.715. The first kappa shape index (κ1) is 11.5. The smallest absolute Gasteiger partial charge is 0.320 e. The zero-order valence-electron chi connectivity index (χ0n) is 9.55. The molecule has 17 heavy (non-hydrogen) atoms. The van der Waals surface area contributed by atoms with Gasteiger partial charge in [0, 0.05) is 25.1 Å². The molecule has 0 spiro atoms. The van der Waals surface area contributed by atoms with E-state index in [-0.39, 0.29) is 0 Å². The van der Waals surface area contributed by atoms with Crippen molar-refractivity contribution in [2.75, 3.05) is 5.73 Å². The minimum absolute atomic E-state index is 0.302. The fraction of sp³-hybridized carbons (Fsp3) is 0.250. The first-order valence-corrected chi connectivity index (χ1v) is 5.31. The van der Waals surface area contributed by atoms with Crippen molar-refractivity contribution in [1.29, 1.82) is 0 Å². The Morgan fingerprint density at radius 2 is 2.24 bits per heavy atom.